The second kappa shape index (κ2) is 5.92. The summed E-state index contributed by atoms with van der Waals surface area (Å²) in [6, 6.07) is 15.1. The minimum Gasteiger partial charge on any atom is -0.267 e. The van der Waals surface area contributed by atoms with E-state index in [0.717, 1.165) is 27.1 Å². The van der Waals surface area contributed by atoms with Crippen molar-refractivity contribution in [3.05, 3.63) is 81.9 Å². The highest BCUT2D eigenvalue weighted by atomic mass is 16.2. The van der Waals surface area contributed by atoms with Crippen LogP contribution in [0.2, 0.25) is 0 Å². The second-order valence-electron chi connectivity index (χ2n) is 6.69. The number of imide groups is 1. The van der Waals surface area contributed by atoms with E-state index in [9.17, 15) is 9.59 Å². The number of carbonyl (C=O) groups is 2. The van der Waals surface area contributed by atoms with Crippen LogP contribution in [0.3, 0.4) is 0 Å². The topological polar surface area (TPSA) is 49.7 Å². The van der Waals surface area contributed by atoms with E-state index in [-0.39, 0.29) is 0 Å². The summed E-state index contributed by atoms with van der Waals surface area (Å²) in [7, 11) is 0. The first-order valence-corrected chi connectivity index (χ1v) is 8.50. The van der Waals surface area contributed by atoms with Gasteiger partial charge in [0.1, 0.15) is 0 Å². The number of benzene rings is 3. The van der Waals surface area contributed by atoms with E-state index >= 15 is 0 Å². The van der Waals surface area contributed by atoms with Crippen LogP contribution in [0.15, 0.2) is 53.6 Å². The predicted molar refractivity (Wildman–Crippen MR) is 103 cm³/mol. The molecule has 4 nitrogen and oxygen atoms in total. The molecule has 26 heavy (non-hydrogen) atoms. The zero-order valence-corrected chi connectivity index (χ0v) is 14.9. The Morgan fingerprint density at radius 3 is 1.92 bits per heavy atom. The number of hydrazone groups is 1. The van der Waals surface area contributed by atoms with Crippen LogP contribution in [-0.4, -0.2) is 23.0 Å². The highest BCUT2D eigenvalue weighted by Crippen LogP contribution is 2.30. The molecule has 0 fully saturated rings. The van der Waals surface area contributed by atoms with Gasteiger partial charge in [0.2, 0.25) is 0 Å². The summed E-state index contributed by atoms with van der Waals surface area (Å²) < 4.78 is 0. The van der Waals surface area contributed by atoms with Crippen LogP contribution in [-0.2, 0) is 0 Å². The number of nitrogens with zero attached hydrogens (tertiary/aromatic N) is 2. The van der Waals surface area contributed by atoms with Crippen molar-refractivity contribution in [1.29, 1.82) is 0 Å². The SMILES string of the molecule is Cc1cc(C)c(C=NN2C(=O)c3cccc4cccc(c34)C2=O)c(C)c1. The van der Waals surface area contributed by atoms with Crippen molar-refractivity contribution in [2.45, 2.75) is 20.8 Å². The van der Waals surface area contributed by atoms with Gasteiger partial charge in [-0.15, -0.1) is 0 Å². The number of carbonyl (C=O) groups excluding carboxylic acids is 2. The van der Waals surface area contributed by atoms with Crippen LogP contribution in [0.4, 0.5) is 0 Å². The molecule has 0 saturated carbocycles. The van der Waals surface area contributed by atoms with Gasteiger partial charge in [0, 0.05) is 10.9 Å². The van der Waals surface area contributed by atoms with Crippen LogP contribution >= 0.6 is 0 Å². The predicted octanol–water partition coefficient (Wildman–Crippen LogP) is 4.40. The van der Waals surface area contributed by atoms with Crippen LogP contribution in [0.5, 0.6) is 0 Å². The fourth-order valence-corrected chi connectivity index (χ4v) is 3.63. The van der Waals surface area contributed by atoms with E-state index in [1.165, 1.54) is 5.56 Å². The molecule has 0 radical (unpaired) electrons. The fourth-order valence-electron chi connectivity index (χ4n) is 3.63. The summed E-state index contributed by atoms with van der Waals surface area (Å²) in [5, 5.41) is 6.82. The smallest absolute Gasteiger partial charge is 0.267 e. The van der Waals surface area contributed by atoms with Gasteiger partial charge in [-0.3, -0.25) is 9.59 Å². The lowest BCUT2D eigenvalue weighted by atomic mass is 9.95. The summed E-state index contributed by atoms with van der Waals surface area (Å²) in [6.07, 6.45) is 1.61. The van der Waals surface area contributed by atoms with Gasteiger partial charge < -0.3 is 0 Å². The van der Waals surface area contributed by atoms with Crippen LogP contribution in [0.1, 0.15) is 43.0 Å². The first-order valence-electron chi connectivity index (χ1n) is 8.50. The van der Waals surface area contributed by atoms with E-state index in [1.54, 1.807) is 18.3 Å². The Morgan fingerprint density at radius 2 is 1.38 bits per heavy atom. The third-order valence-electron chi connectivity index (χ3n) is 4.79. The maximum absolute atomic E-state index is 12.9. The lowest BCUT2D eigenvalue weighted by Crippen LogP contribution is -2.36. The lowest BCUT2D eigenvalue weighted by Gasteiger charge is -2.23. The Kier molecular flexibility index (Phi) is 3.69. The quantitative estimate of drug-likeness (QED) is 0.512. The number of rotatable bonds is 2. The fraction of sp³-hybridized carbons (Fsp3) is 0.136. The normalized spacial score (nSPS) is 13.9. The minimum atomic E-state index is -0.391. The highest BCUT2D eigenvalue weighted by Gasteiger charge is 2.32. The Bertz CT molecular complexity index is 1040. The van der Waals surface area contributed by atoms with E-state index in [0.29, 0.717) is 16.5 Å². The van der Waals surface area contributed by atoms with Gasteiger partial charge in [0.05, 0.1) is 17.3 Å². The third-order valence-corrected chi connectivity index (χ3v) is 4.79. The molecule has 3 aromatic rings. The van der Waals surface area contributed by atoms with Gasteiger partial charge in [-0.2, -0.15) is 10.1 Å². The zero-order valence-electron chi connectivity index (χ0n) is 14.9. The molecule has 0 spiro atoms. The van der Waals surface area contributed by atoms with E-state index in [1.807, 2.05) is 45.0 Å². The zero-order chi connectivity index (χ0) is 18.4. The molecule has 0 aliphatic carbocycles. The number of amides is 2. The van der Waals surface area contributed by atoms with Gasteiger partial charge in [-0.1, -0.05) is 42.0 Å². The summed E-state index contributed by atoms with van der Waals surface area (Å²) in [6.45, 7) is 6.03. The number of hydrogen-bond acceptors (Lipinski definition) is 3. The van der Waals surface area contributed by atoms with Gasteiger partial charge in [0.25, 0.3) is 11.8 Å². The highest BCUT2D eigenvalue weighted by molar-refractivity contribution is 6.25. The minimum absolute atomic E-state index is 0.391. The molecule has 3 aromatic carbocycles. The number of hydrogen-bond donors (Lipinski definition) is 0. The maximum atomic E-state index is 12.9. The van der Waals surface area contributed by atoms with Crippen molar-refractivity contribution in [1.82, 2.24) is 5.01 Å². The average Bonchev–Trinajstić information content (AvgIpc) is 2.61. The largest absolute Gasteiger partial charge is 0.282 e. The first kappa shape index (κ1) is 16.2. The van der Waals surface area contributed by atoms with Crippen molar-refractivity contribution in [3.63, 3.8) is 0 Å². The van der Waals surface area contributed by atoms with Gasteiger partial charge in [-0.25, -0.2) is 0 Å². The third kappa shape index (κ3) is 2.42. The van der Waals surface area contributed by atoms with Crippen molar-refractivity contribution in [3.8, 4) is 0 Å². The van der Waals surface area contributed by atoms with Gasteiger partial charge in [-0.05, 0) is 49.4 Å². The monoisotopic (exact) mass is 342 g/mol. The van der Waals surface area contributed by atoms with Crippen LogP contribution in [0.25, 0.3) is 10.8 Å². The van der Waals surface area contributed by atoms with E-state index in [2.05, 4.69) is 17.2 Å². The van der Waals surface area contributed by atoms with Gasteiger partial charge >= 0.3 is 0 Å². The first-order chi connectivity index (χ1) is 12.5. The van der Waals surface area contributed by atoms with Crippen LogP contribution in [0, 0.1) is 20.8 Å². The molecule has 0 atom stereocenters. The molecule has 0 aromatic heterocycles. The molecule has 1 heterocycles. The molecule has 0 unspecified atom stereocenters. The molecule has 0 saturated heterocycles. The Hall–Kier alpha value is -3.27. The lowest BCUT2D eigenvalue weighted by molar-refractivity contribution is 0.0616. The molecule has 1 aliphatic rings. The van der Waals surface area contributed by atoms with Crippen molar-refractivity contribution >= 4 is 28.8 Å². The molecule has 4 heteroatoms. The van der Waals surface area contributed by atoms with Crippen molar-refractivity contribution in [2.24, 2.45) is 5.10 Å². The van der Waals surface area contributed by atoms with Gasteiger partial charge in [0.15, 0.2) is 0 Å². The molecule has 0 N–H and O–H groups in total. The molecule has 2 amide bonds. The second-order valence-corrected chi connectivity index (χ2v) is 6.69. The van der Waals surface area contributed by atoms with Crippen molar-refractivity contribution in [2.75, 3.05) is 0 Å². The molecular weight excluding hydrogens is 324 g/mol. The Labute approximate surface area is 151 Å². The average molecular weight is 342 g/mol. The Balaban J connectivity index is 1.80. The molecule has 4 rings (SSSR count). The number of aryl methyl sites for hydroxylation is 3. The molecule has 0 bridgehead atoms. The summed E-state index contributed by atoms with van der Waals surface area (Å²) >= 11 is 0. The summed E-state index contributed by atoms with van der Waals surface area (Å²) in [5.74, 6) is -0.782. The maximum Gasteiger partial charge on any atom is 0.282 e. The van der Waals surface area contributed by atoms with Crippen molar-refractivity contribution < 1.29 is 9.59 Å². The molecule has 1 aliphatic heterocycles. The van der Waals surface area contributed by atoms with E-state index in [4.69, 9.17) is 0 Å². The molecule has 128 valence electrons. The standard InChI is InChI=1S/C22H18N2O2/c1-13-10-14(2)19(15(3)11-13)12-23-24-21(25)17-8-4-6-16-7-5-9-18(20(16)17)22(24)26/h4-12H,1-3H3. The summed E-state index contributed by atoms with van der Waals surface area (Å²) in [4.78, 5) is 25.7. The van der Waals surface area contributed by atoms with Crippen LogP contribution < -0.4 is 0 Å². The Morgan fingerprint density at radius 1 is 0.846 bits per heavy atom. The molecular formula is C22H18N2O2. The van der Waals surface area contributed by atoms with E-state index < -0.39 is 11.8 Å². The summed E-state index contributed by atoms with van der Waals surface area (Å²) in [5.41, 5.74) is 5.23.